The van der Waals surface area contributed by atoms with E-state index in [1.807, 2.05) is 12.1 Å². The lowest BCUT2D eigenvalue weighted by Gasteiger charge is -2.24. The maximum absolute atomic E-state index is 13.0. The molecule has 2 aromatic carbocycles. The number of benzene rings is 2. The van der Waals surface area contributed by atoms with Crippen LogP contribution in [0.4, 0.5) is 0 Å². The van der Waals surface area contributed by atoms with E-state index in [2.05, 4.69) is 0 Å². The third kappa shape index (κ3) is 3.91. The molecule has 4 nitrogen and oxygen atoms in total. The molecule has 1 atom stereocenters. The lowest BCUT2D eigenvalue weighted by atomic mass is 9.89. The van der Waals surface area contributed by atoms with Gasteiger partial charge in [-0.25, -0.2) is 0 Å². The van der Waals surface area contributed by atoms with Gasteiger partial charge >= 0.3 is 0 Å². The van der Waals surface area contributed by atoms with E-state index in [0.29, 0.717) is 16.3 Å². The van der Waals surface area contributed by atoms with E-state index in [1.165, 1.54) is 14.2 Å². The summed E-state index contributed by atoms with van der Waals surface area (Å²) in [7, 11) is 4.60. The Morgan fingerprint density at radius 3 is 2.09 bits per heavy atom. The summed E-state index contributed by atoms with van der Waals surface area (Å²) >= 11 is 6.17. The van der Waals surface area contributed by atoms with Gasteiger partial charge in [-0.15, -0.1) is 0 Å². The zero-order chi connectivity index (χ0) is 16.8. The summed E-state index contributed by atoms with van der Waals surface area (Å²) in [5.74, 6) is -0.0747. The molecule has 0 saturated heterocycles. The van der Waals surface area contributed by atoms with Gasteiger partial charge in [-0.3, -0.25) is 4.79 Å². The molecule has 23 heavy (non-hydrogen) atoms. The maximum Gasteiger partial charge on any atom is 0.176 e. The maximum atomic E-state index is 13.0. The van der Waals surface area contributed by atoms with E-state index in [9.17, 15) is 4.79 Å². The topological polar surface area (TPSA) is 44.8 Å². The predicted molar refractivity (Wildman–Crippen MR) is 89.3 cm³/mol. The van der Waals surface area contributed by atoms with Gasteiger partial charge in [0.2, 0.25) is 0 Å². The fourth-order valence-corrected chi connectivity index (χ4v) is 2.67. The van der Waals surface area contributed by atoms with Crippen molar-refractivity contribution < 1.29 is 19.0 Å². The molecule has 0 spiro atoms. The van der Waals surface area contributed by atoms with Crippen molar-refractivity contribution in [2.24, 2.45) is 0 Å². The Kier molecular flexibility index (Phi) is 6.16. The molecule has 0 amide bonds. The van der Waals surface area contributed by atoms with Crippen molar-refractivity contribution in [3.05, 3.63) is 64.7 Å². The normalized spacial score (nSPS) is 12.2. The Balaban J connectivity index is 2.45. The summed E-state index contributed by atoms with van der Waals surface area (Å²) in [4.78, 5) is 13.0. The van der Waals surface area contributed by atoms with E-state index in [-0.39, 0.29) is 5.78 Å². The van der Waals surface area contributed by atoms with Crippen molar-refractivity contribution in [1.29, 1.82) is 0 Å². The highest BCUT2D eigenvalue weighted by atomic mass is 35.5. The number of Topliss-reactive ketones (excluding diaryl/α,β-unsaturated/α-hetero) is 1. The second kappa shape index (κ2) is 8.11. The third-order valence-electron chi connectivity index (χ3n) is 3.63. The zero-order valence-corrected chi connectivity index (χ0v) is 14.0. The van der Waals surface area contributed by atoms with E-state index < -0.39 is 12.2 Å². The molecule has 0 heterocycles. The third-order valence-corrected chi connectivity index (χ3v) is 3.96. The molecule has 0 N–H and O–H groups in total. The second-order valence-electron chi connectivity index (χ2n) is 4.93. The molecule has 0 bridgehead atoms. The number of hydrogen-bond donors (Lipinski definition) is 0. The first-order valence-corrected chi connectivity index (χ1v) is 7.48. The fourth-order valence-electron chi connectivity index (χ4n) is 2.44. The van der Waals surface area contributed by atoms with Crippen LogP contribution in [-0.2, 0) is 9.47 Å². The van der Waals surface area contributed by atoms with Gasteiger partial charge < -0.3 is 14.2 Å². The average molecular weight is 335 g/mol. The van der Waals surface area contributed by atoms with E-state index >= 15 is 0 Å². The molecule has 2 aromatic rings. The van der Waals surface area contributed by atoms with Gasteiger partial charge in [-0.2, -0.15) is 0 Å². The molecule has 0 fully saturated rings. The number of methoxy groups -OCH3 is 3. The van der Waals surface area contributed by atoms with Crippen molar-refractivity contribution in [3.63, 3.8) is 0 Å². The molecule has 0 aliphatic carbocycles. The first-order valence-electron chi connectivity index (χ1n) is 7.10. The Labute approximate surface area is 140 Å². The monoisotopic (exact) mass is 334 g/mol. The highest BCUT2D eigenvalue weighted by molar-refractivity contribution is 6.34. The molecule has 0 aliphatic rings. The SMILES string of the molecule is COc1ccc(C(C(=O)c2ccccc2Cl)C(OC)OC)cc1. The molecule has 0 radical (unpaired) electrons. The highest BCUT2D eigenvalue weighted by Crippen LogP contribution is 2.30. The lowest BCUT2D eigenvalue weighted by Crippen LogP contribution is -2.30. The molecule has 0 aromatic heterocycles. The van der Waals surface area contributed by atoms with Gasteiger partial charge in [0.25, 0.3) is 0 Å². The van der Waals surface area contributed by atoms with Gasteiger partial charge in [0.05, 0.1) is 18.1 Å². The summed E-state index contributed by atoms with van der Waals surface area (Å²) in [5.41, 5.74) is 1.21. The van der Waals surface area contributed by atoms with Crippen LogP contribution in [0.15, 0.2) is 48.5 Å². The summed E-state index contributed by atoms with van der Waals surface area (Å²) in [6.45, 7) is 0. The Morgan fingerprint density at radius 1 is 0.957 bits per heavy atom. The van der Waals surface area contributed by atoms with E-state index in [0.717, 1.165) is 5.56 Å². The van der Waals surface area contributed by atoms with Crippen LogP contribution in [-0.4, -0.2) is 33.4 Å². The van der Waals surface area contributed by atoms with Crippen molar-refractivity contribution in [1.82, 2.24) is 0 Å². The van der Waals surface area contributed by atoms with Crippen molar-refractivity contribution >= 4 is 17.4 Å². The summed E-state index contributed by atoms with van der Waals surface area (Å²) in [6, 6.07) is 14.2. The van der Waals surface area contributed by atoms with Crippen LogP contribution in [0.5, 0.6) is 5.75 Å². The number of ketones is 1. The summed E-state index contributed by atoms with van der Waals surface area (Å²) < 4.78 is 15.8. The Morgan fingerprint density at radius 2 is 1.57 bits per heavy atom. The minimum Gasteiger partial charge on any atom is -0.497 e. The van der Waals surface area contributed by atoms with Gasteiger partial charge in [-0.1, -0.05) is 35.9 Å². The number of hydrogen-bond acceptors (Lipinski definition) is 4. The first kappa shape index (κ1) is 17.5. The van der Waals surface area contributed by atoms with Crippen LogP contribution in [0.1, 0.15) is 21.8 Å². The van der Waals surface area contributed by atoms with Crippen LogP contribution >= 0.6 is 11.6 Å². The number of ether oxygens (including phenoxy) is 3. The van der Waals surface area contributed by atoms with Gasteiger partial charge in [0, 0.05) is 19.8 Å². The van der Waals surface area contributed by atoms with Gasteiger partial charge in [0.1, 0.15) is 5.75 Å². The van der Waals surface area contributed by atoms with E-state index in [4.69, 9.17) is 25.8 Å². The Bertz CT molecular complexity index is 650. The van der Waals surface area contributed by atoms with Crippen molar-refractivity contribution in [2.75, 3.05) is 21.3 Å². The Hall–Kier alpha value is -1.88. The molecular weight excluding hydrogens is 316 g/mol. The van der Waals surface area contributed by atoms with Crippen molar-refractivity contribution in [3.8, 4) is 5.75 Å². The first-order chi connectivity index (χ1) is 11.1. The largest absolute Gasteiger partial charge is 0.497 e. The van der Waals surface area contributed by atoms with Crippen LogP contribution in [0.3, 0.4) is 0 Å². The lowest BCUT2D eigenvalue weighted by molar-refractivity contribution is -0.110. The number of halogens is 1. The standard InChI is InChI=1S/C18H19ClO4/c1-21-13-10-8-12(9-11-13)16(18(22-2)23-3)17(20)14-6-4-5-7-15(14)19/h4-11,16,18H,1-3H3. The predicted octanol–water partition coefficient (Wildman–Crippen LogP) is 3.93. The van der Waals surface area contributed by atoms with Gasteiger partial charge in [0.15, 0.2) is 12.1 Å². The smallest absolute Gasteiger partial charge is 0.176 e. The van der Waals surface area contributed by atoms with Gasteiger partial charge in [-0.05, 0) is 29.8 Å². The molecule has 122 valence electrons. The number of carbonyl (C=O) groups is 1. The summed E-state index contributed by atoms with van der Waals surface area (Å²) in [5, 5.41) is 0.405. The van der Waals surface area contributed by atoms with Crippen LogP contribution in [0, 0.1) is 0 Å². The molecule has 0 aliphatic heterocycles. The average Bonchev–Trinajstić information content (AvgIpc) is 2.59. The van der Waals surface area contributed by atoms with Crippen LogP contribution < -0.4 is 4.74 Å². The minimum atomic E-state index is -0.716. The van der Waals surface area contributed by atoms with Crippen molar-refractivity contribution in [2.45, 2.75) is 12.2 Å². The zero-order valence-electron chi connectivity index (χ0n) is 13.3. The molecular formula is C18H19ClO4. The summed E-state index contributed by atoms with van der Waals surface area (Å²) in [6.07, 6.45) is -0.716. The molecule has 1 unspecified atom stereocenters. The molecule has 2 rings (SSSR count). The van der Waals surface area contributed by atoms with Crippen LogP contribution in [0.2, 0.25) is 5.02 Å². The number of rotatable bonds is 7. The molecule has 5 heteroatoms. The second-order valence-corrected chi connectivity index (χ2v) is 5.34. The quantitative estimate of drug-likeness (QED) is 0.568. The highest BCUT2D eigenvalue weighted by Gasteiger charge is 2.32. The molecule has 0 saturated carbocycles. The minimum absolute atomic E-state index is 0.158. The number of carbonyl (C=O) groups excluding carboxylic acids is 1. The fraction of sp³-hybridized carbons (Fsp3) is 0.278. The van der Waals surface area contributed by atoms with E-state index in [1.54, 1.807) is 43.5 Å². The van der Waals surface area contributed by atoms with Crippen LogP contribution in [0.25, 0.3) is 0 Å².